The third-order valence-corrected chi connectivity index (χ3v) is 4.68. The maximum absolute atomic E-state index is 13.0. The minimum Gasteiger partial charge on any atom is -0.289 e. The van der Waals surface area contributed by atoms with Crippen molar-refractivity contribution in [1.82, 2.24) is 14.5 Å². The summed E-state index contributed by atoms with van der Waals surface area (Å²) < 4.78 is 1.74. The zero-order valence-electron chi connectivity index (χ0n) is 12.7. The molecule has 4 rings (SSSR count). The molecule has 0 bridgehead atoms. The highest BCUT2D eigenvalue weighted by atomic mass is 35.5. The van der Waals surface area contributed by atoms with Crippen molar-refractivity contribution >= 4 is 22.5 Å². The summed E-state index contributed by atoms with van der Waals surface area (Å²) in [7, 11) is 0. The standard InChI is InChI=1S/C18H16ClN3O/c1-11-3-2-8-20-16(11)17(12-4-5-12)22-10-21-15-9-13(19)6-7-14(15)18(22)23/h2-3,6-10,12,17H,4-5H2,1H3. The summed E-state index contributed by atoms with van der Waals surface area (Å²) in [5.74, 6) is 0.452. The van der Waals surface area contributed by atoms with Crippen LogP contribution in [0.2, 0.25) is 5.02 Å². The number of nitrogens with zero attached hydrogens (tertiary/aromatic N) is 3. The predicted molar refractivity (Wildman–Crippen MR) is 90.9 cm³/mol. The maximum atomic E-state index is 13.0. The van der Waals surface area contributed by atoms with Gasteiger partial charge in [0.2, 0.25) is 0 Å². The maximum Gasteiger partial charge on any atom is 0.261 e. The molecule has 0 N–H and O–H groups in total. The Morgan fingerprint density at radius 3 is 2.83 bits per heavy atom. The molecule has 0 spiro atoms. The number of benzene rings is 1. The molecule has 1 unspecified atom stereocenters. The van der Waals surface area contributed by atoms with Gasteiger partial charge in [0.1, 0.15) is 0 Å². The smallest absolute Gasteiger partial charge is 0.261 e. The lowest BCUT2D eigenvalue weighted by molar-refractivity contribution is 0.487. The molecule has 1 aliphatic rings. The van der Waals surface area contributed by atoms with Crippen LogP contribution < -0.4 is 5.56 Å². The molecule has 0 aliphatic heterocycles. The molecule has 0 saturated heterocycles. The Hall–Kier alpha value is -2.20. The molecular weight excluding hydrogens is 310 g/mol. The van der Waals surface area contributed by atoms with E-state index in [1.807, 2.05) is 19.1 Å². The SMILES string of the molecule is Cc1cccnc1C(C1CC1)n1cnc2cc(Cl)ccc2c1=O. The average Bonchev–Trinajstić information content (AvgIpc) is 3.36. The zero-order chi connectivity index (χ0) is 16.0. The van der Waals surface area contributed by atoms with E-state index < -0.39 is 0 Å². The molecule has 2 heterocycles. The Morgan fingerprint density at radius 2 is 2.09 bits per heavy atom. The van der Waals surface area contributed by atoms with Crippen molar-refractivity contribution < 1.29 is 0 Å². The molecule has 1 aliphatic carbocycles. The van der Waals surface area contributed by atoms with Crippen molar-refractivity contribution in [3.63, 3.8) is 0 Å². The van der Waals surface area contributed by atoms with Crippen LogP contribution in [-0.2, 0) is 0 Å². The largest absolute Gasteiger partial charge is 0.289 e. The summed E-state index contributed by atoms with van der Waals surface area (Å²) in [6.07, 6.45) is 5.66. The average molecular weight is 326 g/mol. The van der Waals surface area contributed by atoms with E-state index in [0.717, 1.165) is 24.1 Å². The van der Waals surface area contributed by atoms with Gasteiger partial charge in [-0.15, -0.1) is 0 Å². The second kappa shape index (κ2) is 5.46. The fourth-order valence-corrected chi connectivity index (χ4v) is 3.27. The van der Waals surface area contributed by atoms with E-state index in [-0.39, 0.29) is 11.6 Å². The minimum atomic E-state index is -0.0451. The number of aromatic nitrogens is 3. The van der Waals surface area contributed by atoms with Gasteiger partial charge in [-0.1, -0.05) is 17.7 Å². The monoisotopic (exact) mass is 325 g/mol. The highest BCUT2D eigenvalue weighted by Gasteiger charge is 2.36. The highest BCUT2D eigenvalue weighted by Crippen LogP contribution is 2.43. The molecule has 0 amide bonds. The zero-order valence-corrected chi connectivity index (χ0v) is 13.5. The fraction of sp³-hybridized carbons (Fsp3) is 0.278. The van der Waals surface area contributed by atoms with Crippen molar-refractivity contribution in [2.24, 2.45) is 5.92 Å². The van der Waals surface area contributed by atoms with E-state index >= 15 is 0 Å². The Morgan fingerprint density at radius 1 is 1.26 bits per heavy atom. The number of aryl methyl sites for hydroxylation is 1. The summed E-state index contributed by atoms with van der Waals surface area (Å²) in [5, 5.41) is 1.18. The third kappa shape index (κ3) is 2.53. The molecule has 1 aromatic carbocycles. The summed E-state index contributed by atoms with van der Waals surface area (Å²) in [5.41, 5.74) is 2.67. The molecule has 0 radical (unpaired) electrons. The molecular formula is C18H16ClN3O. The molecule has 1 saturated carbocycles. The van der Waals surface area contributed by atoms with Crippen LogP contribution in [0.1, 0.15) is 30.1 Å². The normalized spacial score (nSPS) is 15.7. The molecule has 1 fully saturated rings. The fourth-order valence-electron chi connectivity index (χ4n) is 3.11. The van der Waals surface area contributed by atoms with Crippen molar-refractivity contribution in [2.45, 2.75) is 25.8 Å². The number of rotatable bonds is 3. The molecule has 2 aromatic heterocycles. The molecule has 4 nitrogen and oxygen atoms in total. The number of hydrogen-bond acceptors (Lipinski definition) is 3. The van der Waals surface area contributed by atoms with E-state index in [1.165, 1.54) is 0 Å². The third-order valence-electron chi connectivity index (χ3n) is 4.44. The predicted octanol–water partition coefficient (Wildman–Crippen LogP) is 3.75. The van der Waals surface area contributed by atoms with Gasteiger partial charge in [-0.2, -0.15) is 0 Å². The second-order valence-corrected chi connectivity index (χ2v) is 6.54. The first-order valence-electron chi connectivity index (χ1n) is 7.73. The van der Waals surface area contributed by atoms with Gasteiger partial charge in [-0.25, -0.2) is 4.98 Å². The minimum absolute atomic E-state index is 0.0337. The van der Waals surface area contributed by atoms with Gasteiger partial charge in [0.15, 0.2) is 0 Å². The lowest BCUT2D eigenvalue weighted by atomic mass is 10.0. The van der Waals surface area contributed by atoms with Crippen LogP contribution in [0.15, 0.2) is 47.7 Å². The quantitative estimate of drug-likeness (QED) is 0.736. The first-order valence-corrected chi connectivity index (χ1v) is 8.11. The van der Waals surface area contributed by atoms with Gasteiger partial charge in [0, 0.05) is 11.2 Å². The first kappa shape index (κ1) is 14.4. The van der Waals surface area contributed by atoms with Crippen LogP contribution in [0.4, 0.5) is 0 Å². The molecule has 3 aromatic rings. The van der Waals surface area contributed by atoms with E-state index in [4.69, 9.17) is 11.6 Å². The summed E-state index contributed by atoms with van der Waals surface area (Å²) in [4.78, 5) is 21.9. The van der Waals surface area contributed by atoms with Crippen LogP contribution in [0.25, 0.3) is 10.9 Å². The van der Waals surface area contributed by atoms with Crippen molar-refractivity contribution in [3.8, 4) is 0 Å². The Bertz CT molecular complexity index is 946. The van der Waals surface area contributed by atoms with E-state index in [1.54, 1.807) is 35.3 Å². The van der Waals surface area contributed by atoms with Gasteiger partial charge in [0.05, 0.1) is 29.0 Å². The van der Waals surface area contributed by atoms with Crippen molar-refractivity contribution in [1.29, 1.82) is 0 Å². The number of hydrogen-bond donors (Lipinski definition) is 0. The van der Waals surface area contributed by atoms with Crippen LogP contribution in [0, 0.1) is 12.8 Å². The van der Waals surface area contributed by atoms with Gasteiger partial charge < -0.3 is 0 Å². The van der Waals surface area contributed by atoms with Crippen LogP contribution >= 0.6 is 11.6 Å². The Balaban J connectivity index is 1.92. The van der Waals surface area contributed by atoms with Crippen LogP contribution in [-0.4, -0.2) is 14.5 Å². The van der Waals surface area contributed by atoms with E-state index in [2.05, 4.69) is 9.97 Å². The highest BCUT2D eigenvalue weighted by molar-refractivity contribution is 6.31. The van der Waals surface area contributed by atoms with Gasteiger partial charge in [-0.05, 0) is 55.5 Å². The number of halogens is 1. The van der Waals surface area contributed by atoms with Crippen molar-refractivity contribution in [2.75, 3.05) is 0 Å². The Labute approximate surface area is 138 Å². The first-order chi connectivity index (χ1) is 11.1. The molecule has 5 heteroatoms. The summed E-state index contributed by atoms with van der Waals surface area (Å²) in [6.45, 7) is 2.04. The van der Waals surface area contributed by atoms with Crippen LogP contribution in [0.3, 0.4) is 0 Å². The number of pyridine rings is 1. The summed E-state index contributed by atoms with van der Waals surface area (Å²) in [6, 6.07) is 9.12. The van der Waals surface area contributed by atoms with E-state index in [0.29, 0.717) is 21.8 Å². The molecule has 23 heavy (non-hydrogen) atoms. The van der Waals surface area contributed by atoms with Gasteiger partial charge in [-0.3, -0.25) is 14.3 Å². The lowest BCUT2D eigenvalue weighted by Gasteiger charge is -2.20. The molecule has 116 valence electrons. The lowest BCUT2D eigenvalue weighted by Crippen LogP contribution is -2.28. The topological polar surface area (TPSA) is 47.8 Å². The van der Waals surface area contributed by atoms with Crippen molar-refractivity contribution in [3.05, 3.63) is 69.5 Å². The number of fused-ring (bicyclic) bond motifs is 1. The summed E-state index contributed by atoms with van der Waals surface area (Å²) >= 11 is 5.99. The second-order valence-electron chi connectivity index (χ2n) is 6.11. The molecule has 1 atom stereocenters. The van der Waals surface area contributed by atoms with Crippen LogP contribution in [0.5, 0.6) is 0 Å². The van der Waals surface area contributed by atoms with Gasteiger partial charge >= 0.3 is 0 Å². The van der Waals surface area contributed by atoms with E-state index in [9.17, 15) is 4.79 Å². The Kier molecular flexibility index (Phi) is 3.42. The van der Waals surface area contributed by atoms with Gasteiger partial charge in [0.25, 0.3) is 5.56 Å².